The van der Waals surface area contributed by atoms with E-state index in [0.717, 1.165) is 5.56 Å². The first-order valence-electron chi connectivity index (χ1n) is 9.17. The van der Waals surface area contributed by atoms with Crippen LogP contribution in [0.3, 0.4) is 0 Å². The van der Waals surface area contributed by atoms with Crippen LogP contribution in [0.25, 0.3) is 11.4 Å². The van der Waals surface area contributed by atoms with E-state index >= 15 is 0 Å². The van der Waals surface area contributed by atoms with Crippen molar-refractivity contribution in [3.8, 4) is 17.1 Å². The van der Waals surface area contributed by atoms with Gasteiger partial charge in [-0.3, -0.25) is 20.4 Å². The normalized spacial score (nSPS) is 10.6. The lowest BCUT2D eigenvalue weighted by atomic mass is 10.2. The van der Waals surface area contributed by atoms with Gasteiger partial charge in [-0.2, -0.15) is 0 Å². The van der Waals surface area contributed by atoms with E-state index < -0.39 is 11.8 Å². The summed E-state index contributed by atoms with van der Waals surface area (Å²) in [5.41, 5.74) is 5.81. The van der Waals surface area contributed by atoms with Crippen molar-refractivity contribution >= 4 is 46.8 Å². The standard InChI is InChI=1S/C20H19Cl2N5O3S/c1-3-27-18(12-4-6-13(21)7-5-12)24-26-20(27)31-11-17(28)23-25-19(29)15-10-14(22)8-9-16(15)30-2/h4-10H,3,11H2,1-2H3,(H,23,28)(H,25,29). The van der Waals surface area contributed by atoms with Crippen molar-refractivity contribution in [3.63, 3.8) is 0 Å². The van der Waals surface area contributed by atoms with E-state index in [1.807, 2.05) is 23.6 Å². The molecule has 0 aliphatic rings. The van der Waals surface area contributed by atoms with Gasteiger partial charge in [-0.15, -0.1) is 10.2 Å². The van der Waals surface area contributed by atoms with Crippen LogP contribution in [0.15, 0.2) is 47.6 Å². The number of thioether (sulfide) groups is 1. The fourth-order valence-electron chi connectivity index (χ4n) is 2.71. The number of nitrogens with zero attached hydrogens (tertiary/aromatic N) is 3. The van der Waals surface area contributed by atoms with Crippen molar-refractivity contribution in [3.05, 3.63) is 58.1 Å². The minimum Gasteiger partial charge on any atom is -0.496 e. The summed E-state index contributed by atoms with van der Waals surface area (Å²) in [6.07, 6.45) is 0. The van der Waals surface area contributed by atoms with Crippen LogP contribution < -0.4 is 15.6 Å². The van der Waals surface area contributed by atoms with E-state index in [2.05, 4.69) is 21.0 Å². The molecule has 8 nitrogen and oxygen atoms in total. The molecule has 1 heterocycles. The average molecular weight is 480 g/mol. The Kier molecular flexibility index (Phi) is 7.78. The molecule has 0 bridgehead atoms. The summed E-state index contributed by atoms with van der Waals surface area (Å²) >= 11 is 13.1. The van der Waals surface area contributed by atoms with Crippen molar-refractivity contribution in [1.29, 1.82) is 0 Å². The van der Waals surface area contributed by atoms with E-state index in [4.69, 9.17) is 27.9 Å². The van der Waals surface area contributed by atoms with Crippen LogP contribution >= 0.6 is 35.0 Å². The van der Waals surface area contributed by atoms with Crippen molar-refractivity contribution in [2.45, 2.75) is 18.6 Å². The summed E-state index contributed by atoms with van der Waals surface area (Å²) in [5, 5.41) is 10.0. The quantitative estimate of drug-likeness (QED) is 0.394. The van der Waals surface area contributed by atoms with Gasteiger partial charge in [0, 0.05) is 22.2 Å². The van der Waals surface area contributed by atoms with E-state index in [0.29, 0.717) is 33.3 Å². The van der Waals surface area contributed by atoms with Gasteiger partial charge in [0.15, 0.2) is 11.0 Å². The SMILES string of the molecule is CCn1c(SCC(=O)NNC(=O)c2cc(Cl)ccc2OC)nnc1-c1ccc(Cl)cc1. The number of carbonyl (C=O) groups is 2. The number of carbonyl (C=O) groups excluding carboxylic acids is 2. The second-order valence-corrected chi connectivity index (χ2v) is 8.01. The summed E-state index contributed by atoms with van der Waals surface area (Å²) in [4.78, 5) is 24.5. The Balaban J connectivity index is 1.59. The molecule has 0 saturated carbocycles. The number of amides is 2. The molecule has 162 valence electrons. The summed E-state index contributed by atoms with van der Waals surface area (Å²) in [7, 11) is 1.44. The van der Waals surface area contributed by atoms with E-state index in [1.54, 1.807) is 24.3 Å². The van der Waals surface area contributed by atoms with Gasteiger partial charge in [0.1, 0.15) is 5.75 Å². The zero-order chi connectivity index (χ0) is 22.4. The molecule has 31 heavy (non-hydrogen) atoms. The summed E-state index contributed by atoms with van der Waals surface area (Å²) in [6.45, 7) is 2.59. The molecule has 2 N–H and O–H groups in total. The van der Waals surface area contributed by atoms with Gasteiger partial charge in [0.05, 0.1) is 18.4 Å². The monoisotopic (exact) mass is 479 g/mol. The van der Waals surface area contributed by atoms with Gasteiger partial charge in [0.2, 0.25) is 5.91 Å². The molecule has 2 amide bonds. The number of hydrazine groups is 1. The topological polar surface area (TPSA) is 98.1 Å². The number of benzene rings is 2. The Morgan fingerprint density at radius 1 is 1.06 bits per heavy atom. The van der Waals surface area contributed by atoms with Crippen LogP contribution in [-0.4, -0.2) is 39.4 Å². The smallest absolute Gasteiger partial charge is 0.273 e. The minimum absolute atomic E-state index is 0.0334. The number of hydrogen-bond acceptors (Lipinski definition) is 6. The Bertz CT molecular complexity index is 1090. The van der Waals surface area contributed by atoms with Crippen LogP contribution in [0, 0.1) is 0 Å². The zero-order valence-corrected chi connectivity index (χ0v) is 19.0. The van der Waals surface area contributed by atoms with Gasteiger partial charge >= 0.3 is 0 Å². The molecule has 2 aromatic carbocycles. The van der Waals surface area contributed by atoms with Crippen LogP contribution in [0.1, 0.15) is 17.3 Å². The number of ether oxygens (including phenoxy) is 1. The number of rotatable bonds is 7. The number of hydrogen-bond donors (Lipinski definition) is 2. The van der Waals surface area contributed by atoms with Crippen molar-refractivity contribution < 1.29 is 14.3 Å². The highest BCUT2D eigenvalue weighted by Gasteiger charge is 2.16. The Morgan fingerprint density at radius 3 is 2.45 bits per heavy atom. The molecule has 3 rings (SSSR count). The van der Waals surface area contributed by atoms with Crippen molar-refractivity contribution in [1.82, 2.24) is 25.6 Å². The summed E-state index contributed by atoms with van der Waals surface area (Å²) in [6, 6.07) is 11.9. The predicted molar refractivity (Wildman–Crippen MR) is 120 cm³/mol. The molecule has 0 spiro atoms. The summed E-state index contributed by atoms with van der Waals surface area (Å²) in [5.74, 6) is 0.114. The molecular weight excluding hydrogens is 461 g/mol. The number of nitrogens with one attached hydrogen (secondary N) is 2. The van der Waals surface area contributed by atoms with Crippen LogP contribution in [0.5, 0.6) is 5.75 Å². The molecule has 11 heteroatoms. The minimum atomic E-state index is -0.542. The number of halogens is 2. The van der Waals surface area contributed by atoms with E-state index in [-0.39, 0.29) is 11.3 Å². The second-order valence-electron chi connectivity index (χ2n) is 6.19. The molecule has 0 atom stereocenters. The maximum absolute atomic E-state index is 12.3. The lowest BCUT2D eigenvalue weighted by molar-refractivity contribution is -0.119. The second kappa shape index (κ2) is 10.5. The highest BCUT2D eigenvalue weighted by atomic mass is 35.5. The highest BCUT2D eigenvalue weighted by Crippen LogP contribution is 2.25. The third-order valence-electron chi connectivity index (χ3n) is 4.19. The first-order valence-corrected chi connectivity index (χ1v) is 10.9. The average Bonchev–Trinajstić information content (AvgIpc) is 3.19. The van der Waals surface area contributed by atoms with E-state index in [9.17, 15) is 9.59 Å². The number of methoxy groups -OCH3 is 1. The molecule has 0 aliphatic heterocycles. The fourth-order valence-corrected chi connectivity index (χ4v) is 3.81. The first-order chi connectivity index (χ1) is 14.9. The van der Waals surface area contributed by atoms with Gasteiger partial charge in [-0.05, 0) is 49.4 Å². The Hall–Kier alpha value is -2.75. The molecule has 1 aromatic heterocycles. The highest BCUT2D eigenvalue weighted by molar-refractivity contribution is 7.99. The number of aromatic nitrogens is 3. The maximum Gasteiger partial charge on any atom is 0.273 e. The zero-order valence-electron chi connectivity index (χ0n) is 16.7. The largest absolute Gasteiger partial charge is 0.496 e. The van der Waals surface area contributed by atoms with Gasteiger partial charge in [-0.1, -0.05) is 35.0 Å². The summed E-state index contributed by atoms with van der Waals surface area (Å²) < 4.78 is 7.04. The van der Waals surface area contributed by atoms with Gasteiger partial charge < -0.3 is 9.30 Å². The van der Waals surface area contributed by atoms with Crippen LogP contribution in [-0.2, 0) is 11.3 Å². The first kappa shape index (κ1) is 22.9. The van der Waals surface area contributed by atoms with Gasteiger partial charge in [0.25, 0.3) is 5.91 Å². The molecule has 0 fully saturated rings. The van der Waals surface area contributed by atoms with Gasteiger partial charge in [-0.25, -0.2) is 0 Å². The predicted octanol–water partition coefficient (Wildman–Crippen LogP) is 3.83. The third kappa shape index (κ3) is 5.69. The Labute approximate surface area is 193 Å². The van der Waals surface area contributed by atoms with Crippen molar-refractivity contribution in [2.24, 2.45) is 0 Å². The lowest BCUT2D eigenvalue weighted by Crippen LogP contribution is -2.42. The molecule has 0 unspecified atom stereocenters. The molecule has 0 aliphatic carbocycles. The van der Waals surface area contributed by atoms with E-state index in [1.165, 1.54) is 24.9 Å². The molecule has 0 saturated heterocycles. The van der Waals surface area contributed by atoms with Crippen LogP contribution in [0.2, 0.25) is 10.0 Å². The fraction of sp³-hybridized carbons (Fsp3) is 0.200. The maximum atomic E-state index is 12.3. The molecule has 0 radical (unpaired) electrons. The van der Waals surface area contributed by atoms with Crippen LogP contribution in [0.4, 0.5) is 0 Å². The lowest BCUT2D eigenvalue weighted by Gasteiger charge is -2.11. The molecular formula is C20H19Cl2N5O3S. The van der Waals surface area contributed by atoms with Crippen molar-refractivity contribution in [2.75, 3.05) is 12.9 Å². The third-order valence-corrected chi connectivity index (χ3v) is 5.64. The Morgan fingerprint density at radius 2 is 1.77 bits per heavy atom. The molecule has 3 aromatic rings.